The van der Waals surface area contributed by atoms with E-state index in [-0.39, 0.29) is 11.9 Å². The summed E-state index contributed by atoms with van der Waals surface area (Å²) in [6.45, 7) is 3.79. The van der Waals surface area contributed by atoms with Gasteiger partial charge in [-0.25, -0.2) is 4.79 Å². The third-order valence-corrected chi connectivity index (χ3v) is 5.61. The summed E-state index contributed by atoms with van der Waals surface area (Å²) >= 11 is 0. The van der Waals surface area contributed by atoms with Gasteiger partial charge in [0.2, 0.25) is 0 Å². The number of rotatable bonds is 5. The van der Waals surface area contributed by atoms with Crippen molar-refractivity contribution in [1.29, 1.82) is 0 Å². The fourth-order valence-corrected chi connectivity index (χ4v) is 3.95. The number of nitrogens with zero attached hydrogens (tertiary/aromatic N) is 3. The fourth-order valence-electron chi connectivity index (χ4n) is 3.95. The number of carbonyl (C=O) groups excluding carboxylic acids is 2. The molecule has 0 radical (unpaired) electrons. The highest BCUT2D eigenvalue weighted by Crippen LogP contribution is 2.25. The van der Waals surface area contributed by atoms with Crippen LogP contribution >= 0.6 is 0 Å². The highest BCUT2D eigenvalue weighted by molar-refractivity contribution is 6.04. The minimum atomic E-state index is -0.342. The number of aromatic nitrogens is 2. The summed E-state index contributed by atoms with van der Waals surface area (Å²) < 4.78 is 1.75. The van der Waals surface area contributed by atoms with Crippen molar-refractivity contribution >= 4 is 17.6 Å². The number of hydrogen-bond donors (Lipinski definition) is 2. The van der Waals surface area contributed by atoms with E-state index in [0.29, 0.717) is 17.8 Å². The topological polar surface area (TPSA) is 79.3 Å². The standard InChI is InChI=1S/C24H27N5O2/c1-17-8-7-11-21(23(30)29-12-5-6-13-29)22(17)27-24(31)25-14-18-9-3-4-10-20(18)19-15-26-28(2)16-19/h3-4,7-11,15-16H,5-6,12-14H2,1-2H3,(H2,25,27,31). The second-order valence-electron chi connectivity index (χ2n) is 7.86. The van der Waals surface area contributed by atoms with Crippen LogP contribution in [0.4, 0.5) is 10.5 Å². The molecule has 2 N–H and O–H groups in total. The smallest absolute Gasteiger partial charge is 0.319 e. The first-order valence-electron chi connectivity index (χ1n) is 10.5. The minimum Gasteiger partial charge on any atom is -0.339 e. The van der Waals surface area contributed by atoms with E-state index >= 15 is 0 Å². The van der Waals surface area contributed by atoms with Gasteiger partial charge >= 0.3 is 6.03 Å². The predicted molar refractivity (Wildman–Crippen MR) is 121 cm³/mol. The number of urea groups is 1. The van der Waals surface area contributed by atoms with E-state index in [1.165, 1.54) is 0 Å². The lowest BCUT2D eigenvalue weighted by atomic mass is 10.0. The van der Waals surface area contributed by atoms with Crippen molar-refractivity contribution in [2.24, 2.45) is 7.05 Å². The Morgan fingerprint density at radius 3 is 2.58 bits per heavy atom. The first kappa shape index (κ1) is 20.7. The maximum Gasteiger partial charge on any atom is 0.319 e. The van der Waals surface area contributed by atoms with Gasteiger partial charge in [-0.05, 0) is 42.5 Å². The maximum absolute atomic E-state index is 12.9. The highest BCUT2D eigenvalue weighted by atomic mass is 16.2. The molecular formula is C24H27N5O2. The van der Waals surface area contributed by atoms with E-state index in [4.69, 9.17) is 0 Å². The molecule has 4 rings (SSSR count). The maximum atomic E-state index is 12.9. The first-order valence-corrected chi connectivity index (χ1v) is 10.5. The molecular weight excluding hydrogens is 390 g/mol. The molecule has 0 bridgehead atoms. The number of amides is 3. The van der Waals surface area contributed by atoms with Crippen LogP contribution in [0.5, 0.6) is 0 Å². The van der Waals surface area contributed by atoms with Crippen LogP contribution in [0.1, 0.15) is 34.3 Å². The van der Waals surface area contributed by atoms with Crippen molar-refractivity contribution in [1.82, 2.24) is 20.0 Å². The molecule has 3 aromatic rings. The number of para-hydroxylation sites is 1. The number of anilines is 1. The number of nitrogens with one attached hydrogen (secondary N) is 2. The zero-order chi connectivity index (χ0) is 21.8. The van der Waals surface area contributed by atoms with Gasteiger partial charge < -0.3 is 15.5 Å². The molecule has 160 valence electrons. The van der Waals surface area contributed by atoms with Crippen LogP contribution in [0.2, 0.25) is 0 Å². The molecule has 1 aliphatic heterocycles. The lowest BCUT2D eigenvalue weighted by Gasteiger charge is -2.19. The Balaban J connectivity index is 1.48. The van der Waals surface area contributed by atoms with Crippen molar-refractivity contribution in [3.63, 3.8) is 0 Å². The molecule has 2 heterocycles. The first-order chi connectivity index (χ1) is 15.0. The summed E-state index contributed by atoms with van der Waals surface area (Å²) in [6.07, 6.45) is 5.80. The largest absolute Gasteiger partial charge is 0.339 e. The van der Waals surface area contributed by atoms with Crippen LogP contribution in [0, 0.1) is 6.92 Å². The van der Waals surface area contributed by atoms with Crippen LogP contribution < -0.4 is 10.6 Å². The third kappa shape index (κ3) is 4.60. The van der Waals surface area contributed by atoms with Crippen LogP contribution in [-0.4, -0.2) is 39.7 Å². The molecule has 1 saturated heterocycles. The minimum absolute atomic E-state index is 0.0292. The molecule has 0 saturated carbocycles. The lowest BCUT2D eigenvalue weighted by Crippen LogP contribution is -2.32. The highest BCUT2D eigenvalue weighted by Gasteiger charge is 2.23. The fraction of sp³-hybridized carbons (Fsp3) is 0.292. The van der Waals surface area contributed by atoms with Gasteiger partial charge in [0.05, 0.1) is 17.4 Å². The van der Waals surface area contributed by atoms with Gasteiger partial charge in [0.15, 0.2) is 0 Å². The monoisotopic (exact) mass is 417 g/mol. The molecule has 7 nitrogen and oxygen atoms in total. The van der Waals surface area contributed by atoms with Crippen LogP contribution in [-0.2, 0) is 13.6 Å². The van der Waals surface area contributed by atoms with Gasteiger partial charge in [-0.1, -0.05) is 36.4 Å². The van der Waals surface area contributed by atoms with Crippen molar-refractivity contribution in [2.45, 2.75) is 26.3 Å². The average Bonchev–Trinajstić information content (AvgIpc) is 3.45. The zero-order valence-corrected chi connectivity index (χ0v) is 17.9. The molecule has 7 heteroatoms. The average molecular weight is 418 g/mol. The van der Waals surface area contributed by atoms with E-state index in [1.807, 2.05) is 67.7 Å². The molecule has 1 fully saturated rings. The van der Waals surface area contributed by atoms with Gasteiger partial charge in [-0.3, -0.25) is 9.48 Å². The lowest BCUT2D eigenvalue weighted by molar-refractivity contribution is 0.0793. The Morgan fingerprint density at radius 2 is 1.84 bits per heavy atom. The summed E-state index contributed by atoms with van der Waals surface area (Å²) in [6, 6.07) is 13.1. The summed E-state index contributed by atoms with van der Waals surface area (Å²) in [4.78, 5) is 27.5. The van der Waals surface area contributed by atoms with Gasteiger partial charge in [0.25, 0.3) is 5.91 Å². The Kier molecular flexibility index (Phi) is 6.02. The van der Waals surface area contributed by atoms with Crippen molar-refractivity contribution in [2.75, 3.05) is 18.4 Å². The predicted octanol–water partition coefficient (Wildman–Crippen LogP) is 3.95. The number of likely N-dealkylation sites (tertiary alicyclic amines) is 1. The molecule has 0 aliphatic carbocycles. The number of benzene rings is 2. The van der Waals surface area contributed by atoms with Gasteiger partial charge in [0, 0.05) is 38.4 Å². The van der Waals surface area contributed by atoms with Crippen molar-refractivity contribution < 1.29 is 9.59 Å². The summed E-state index contributed by atoms with van der Waals surface area (Å²) in [5.74, 6) is -0.0292. The third-order valence-electron chi connectivity index (χ3n) is 5.61. The molecule has 3 amide bonds. The molecule has 1 aliphatic rings. The van der Waals surface area contributed by atoms with E-state index in [0.717, 1.165) is 48.2 Å². The van der Waals surface area contributed by atoms with Gasteiger partial charge in [-0.15, -0.1) is 0 Å². The Bertz CT molecular complexity index is 1100. The van der Waals surface area contributed by atoms with Crippen molar-refractivity contribution in [3.05, 3.63) is 71.5 Å². The van der Waals surface area contributed by atoms with Crippen LogP contribution in [0.3, 0.4) is 0 Å². The summed E-state index contributed by atoms with van der Waals surface area (Å²) in [5.41, 5.74) is 4.97. The Labute approximate surface area is 182 Å². The molecule has 31 heavy (non-hydrogen) atoms. The second-order valence-corrected chi connectivity index (χ2v) is 7.86. The van der Waals surface area contributed by atoms with Gasteiger partial charge in [0.1, 0.15) is 0 Å². The van der Waals surface area contributed by atoms with Crippen molar-refractivity contribution in [3.8, 4) is 11.1 Å². The summed E-state index contributed by atoms with van der Waals surface area (Å²) in [5, 5.41) is 10.1. The van der Waals surface area contributed by atoms with E-state index in [1.54, 1.807) is 10.7 Å². The van der Waals surface area contributed by atoms with E-state index < -0.39 is 0 Å². The quantitative estimate of drug-likeness (QED) is 0.660. The molecule has 0 unspecified atom stereocenters. The Morgan fingerprint density at radius 1 is 1.06 bits per heavy atom. The Hall–Kier alpha value is -3.61. The molecule has 0 atom stereocenters. The molecule has 0 spiro atoms. The van der Waals surface area contributed by atoms with Gasteiger partial charge in [-0.2, -0.15) is 5.10 Å². The number of hydrogen-bond acceptors (Lipinski definition) is 3. The van der Waals surface area contributed by atoms with Crippen LogP contribution in [0.15, 0.2) is 54.9 Å². The zero-order valence-electron chi connectivity index (χ0n) is 17.9. The summed E-state index contributed by atoms with van der Waals surface area (Å²) in [7, 11) is 1.88. The second kappa shape index (κ2) is 9.04. The van der Waals surface area contributed by atoms with Crippen LogP contribution in [0.25, 0.3) is 11.1 Å². The molecule has 1 aromatic heterocycles. The molecule has 2 aromatic carbocycles. The van der Waals surface area contributed by atoms with E-state index in [2.05, 4.69) is 15.7 Å². The SMILES string of the molecule is Cc1cccc(C(=O)N2CCCC2)c1NC(=O)NCc1ccccc1-c1cnn(C)c1. The number of aryl methyl sites for hydroxylation is 2. The number of carbonyl (C=O) groups is 2. The normalized spacial score (nSPS) is 13.3. The van der Waals surface area contributed by atoms with E-state index in [9.17, 15) is 9.59 Å².